The molecule has 100 valence electrons. The van der Waals surface area contributed by atoms with Crippen LogP contribution in [0.3, 0.4) is 0 Å². The molecule has 3 heteroatoms. The molecule has 0 radical (unpaired) electrons. The van der Waals surface area contributed by atoms with Gasteiger partial charge in [0.25, 0.3) is 0 Å². The van der Waals surface area contributed by atoms with Gasteiger partial charge in [-0.25, -0.2) is 0 Å². The average Bonchev–Trinajstić information content (AvgIpc) is 2.40. The van der Waals surface area contributed by atoms with Crippen molar-refractivity contribution >= 4 is 5.97 Å². The highest BCUT2D eigenvalue weighted by molar-refractivity contribution is 5.67. The van der Waals surface area contributed by atoms with Crippen LogP contribution in [0.4, 0.5) is 0 Å². The lowest BCUT2D eigenvalue weighted by molar-refractivity contribution is -0.138. The fourth-order valence-corrected chi connectivity index (χ4v) is 2.95. The maximum absolute atomic E-state index is 10.7. The van der Waals surface area contributed by atoms with Crippen molar-refractivity contribution in [1.29, 1.82) is 5.26 Å². The fraction of sp³-hybridized carbons (Fsp3) is 0.500. The zero-order valence-corrected chi connectivity index (χ0v) is 11.0. The summed E-state index contributed by atoms with van der Waals surface area (Å²) in [6.45, 7) is 0. The van der Waals surface area contributed by atoms with Crippen LogP contribution >= 0.6 is 0 Å². The third-order valence-electron chi connectivity index (χ3n) is 4.04. The summed E-state index contributed by atoms with van der Waals surface area (Å²) in [6.07, 6.45) is 4.96. The van der Waals surface area contributed by atoms with Crippen LogP contribution in [-0.2, 0) is 11.2 Å². The van der Waals surface area contributed by atoms with Gasteiger partial charge in [-0.3, -0.25) is 4.79 Å². The van der Waals surface area contributed by atoms with E-state index in [-0.39, 0.29) is 0 Å². The van der Waals surface area contributed by atoms with E-state index in [1.54, 1.807) is 0 Å². The van der Waals surface area contributed by atoms with Crippen LogP contribution in [-0.4, -0.2) is 11.1 Å². The Morgan fingerprint density at radius 1 is 1.21 bits per heavy atom. The number of aliphatic carboxylic acids is 1. The highest BCUT2D eigenvalue weighted by Crippen LogP contribution is 2.37. The van der Waals surface area contributed by atoms with E-state index in [2.05, 4.69) is 18.2 Å². The lowest BCUT2D eigenvalue weighted by Gasteiger charge is -2.28. The van der Waals surface area contributed by atoms with Gasteiger partial charge in [0.05, 0.1) is 12.5 Å². The second kappa shape index (κ2) is 6.38. The molecule has 0 aliphatic heterocycles. The van der Waals surface area contributed by atoms with Crippen LogP contribution in [0.5, 0.6) is 0 Å². The molecule has 0 aromatic heterocycles. The summed E-state index contributed by atoms with van der Waals surface area (Å²) < 4.78 is 0. The number of nitriles is 1. The van der Waals surface area contributed by atoms with Gasteiger partial charge in [-0.05, 0) is 48.6 Å². The Morgan fingerprint density at radius 3 is 2.37 bits per heavy atom. The van der Waals surface area contributed by atoms with Crippen molar-refractivity contribution in [3.63, 3.8) is 0 Å². The number of carbonyl (C=O) groups is 1. The summed E-state index contributed by atoms with van der Waals surface area (Å²) in [4.78, 5) is 10.7. The van der Waals surface area contributed by atoms with Crippen molar-refractivity contribution in [3.8, 4) is 6.07 Å². The van der Waals surface area contributed by atoms with Crippen LogP contribution in [0.2, 0.25) is 0 Å². The maximum Gasteiger partial charge on any atom is 0.303 e. The number of hydrogen-bond donors (Lipinski definition) is 1. The number of rotatable bonds is 4. The zero-order valence-electron chi connectivity index (χ0n) is 11.0. The quantitative estimate of drug-likeness (QED) is 0.898. The molecule has 19 heavy (non-hydrogen) atoms. The van der Waals surface area contributed by atoms with Gasteiger partial charge < -0.3 is 5.11 Å². The van der Waals surface area contributed by atoms with Gasteiger partial charge in [0.15, 0.2) is 0 Å². The molecule has 0 spiro atoms. The molecule has 1 fully saturated rings. The van der Waals surface area contributed by atoms with Crippen molar-refractivity contribution < 1.29 is 9.90 Å². The van der Waals surface area contributed by atoms with Crippen LogP contribution in [0.15, 0.2) is 24.3 Å². The standard InChI is InChI=1S/C16H19NO2/c17-10-9-12-1-5-14(6-2-12)15-7-3-13(4-8-15)11-16(18)19/h1-2,5-6,13,15H,3-4,7-9,11H2,(H,18,19)/t13-,15-. The van der Waals surface area contributed by atoms with E-state index in [0.717, 1.165) is 31.2 Å². The van der Waals surface area contributed by atoms with Gasteiger partial charge in [-0.1, -0.05) is 24.3 Å². The van der Waals surface area contributed by atoms with E-state index < -0.39 is 5.97 Å². The SMILES string of the molecule is N#CCc1ccc([C@H]2CC[C@H](CC(=O)O)CC2)cc1. The van der Waals surface area contributed by atoms with Crippen molar-refractivity contribution in [2.24, 2.45) is 5.92 Å². The summed E-state index contributed by atoms with van der Waals surface area (Å²) >= 11 is 0. The number of nitrogens with zero attached hydrogens (tertiary/aromatic N) is 1. The molecule has 1 aromatic rings. The topological polar surface area (TPSA) is 61.1 Å². The molecule has 0 atom stereocenters. The van der Waals surface area contributed by atoms with Gasteiger partial charge in [0.1, 0.15) is 0 Å². The molecule has 3 nitrogen and oxygen atoms in total. The zero-order chi connectivity index (χ0) is 13.7. The highest BCUT2D eigenvalue weighted by Gasteiger charge is 2.23. The van der Waals surface area contributed by atoms with Gasteiger partial charge in [-0.15, -0.1) is 0 Å². The van der Waals surface area contributed by atoms with Gasteiger partial charge in [0, 0.05) is 6.42 Å². The van der Waals surface area contributed by atoms with E-state index in [1.165, 1.54) is 5.56 Å². The molecule has 0 saturated heterocycles. The Labute approximate surface area is 113 Å². The minimum absolute atomic E-state index is 0.313. The van der Waals surface area contributed by atoms with Crippen LogP contribution in [0.25, 0.3) is 0 Å². The predicted molar refractivity (Wildman–Crippen MR) is 72.7 cm³/mol. The predicted octanol–water partition coefficient (Wildman–Crippen LogP) is 3.50. The summed E-state index contributed by atoms with van der Waals surface area (Å²) in [5.74, 6) is 0.233. The summed E-state index contributed by atoms with van der Waals surface area (Å²) in [5, 5.41) is 17.4. The molecular formula is C16H19NO2. The van der Waals surface area contributed by atoms with Gasteiger partial charge >= 0.3 is 5.97 Å². The number of hydrogen-bond acceptors (Lipinski definition) is 2. The lowest BCUT2D eigenvalue weighted by Crippen LogP contribution is -2.16. The van der Waals surface area contributed by atoms with Gasteiger partial charge in [-0.2, -0.15) is 5.26 Å². The van der Waals surface area contributed by atoms with E-state index in [0.29, 0.717) is 24.7 Å². The molecule has 0 unspecified atom stereocenters. The van der Waals surface area contributed by atoms with Crippen LogP contribution in [0.1, 0.15) is 49.1 Å². The molecule has 1 saturated carbocycles. The first-order valence-electron chi connectivity index (χ1n) is 6.86. The molecule has 0 amide bonds. The second-order valence-corrected chi connectivity index (χ2v) is 5.39. The van der Waals surface area contributed by atoms with E-state index in [9.17, 15) is 4.79 Å². The van der Waals surface area contributed by atoms with E-state index in [1.807, 2.05) is 12.1 Å². The number of carboxylic acid groups (broad SMARTS) is 1. The first-order chi connectivity index (χ1) is 9.19. The molecule has 1 aliphatic rings. The largest absolute Gasteiger partial charge is 0.481 e. The first kappa shape index (κ1) is 13.6. The van der Waals surface area contributed by atoms with Crippen molar-refractivity contribution in [2.75, 3.05) is 0 Å². The number of benzene rings is 1. The summed E-state index contributed by atoms with van der Waals surface area (Å²) in [5.41, 5.74) is 2.39. The van der Waals surface area contributed by atoms with Crippen molar-refractivity contribution in [2.45, 2.75) is 44.4 Å². The Balaban J connectivity index is 1.90. The summed E-state index contributed by atoms with van der Waals surface area (Å²) in [7, 11) is 0. The number of carboxylic acids is 1. The summed E-state index contributed by atoms with van der Waals surface area (Å²) in [6, 6.07) is 10.5. The lowest BCUT2D eigenvalue weighted by atomic mass is 9.77. The van der Waals surface area contributed by atoms with Gasteiger partial charge in [0.2, 0.25) is 0 Å². The normalized spacial score (nSPS) is 22.7. The minimum Gasteiger partial charge on any atom is -0.481 e. The highest BCUT2D eigenvalue weighted by atomic mass is 16.4. The molecule has 2 rings (SSSR count). The fourth-order valence-electron chi connectivity index (χ4n) is 2.95. The molecule has 1 aliphatic carbocycles. The Hall–Kier alpha value is -1.82. The Bertz CT molecular complexity index is 465. The molecule has 1 aromatic carbocycles. The molecule has 1 N–H and O–H groups in total. The Kier molecular flexibility index (Phi) is 4.57. The monoisotopic (exact) mass is 257 g/mol. The minimum atomic E-state index is -0.677. The van der Waals surface area contributed by atoms with Crippen LogP contribution in [0, 0.1) is 17.2 Å². The maximum atomic E-state index is 10.7. The third-order valence-corrected chi connectivity index (χ3v) is 4.04. The van der Waals surface area contributed by atoms with Crippen molar-refractivity contribution in [1.82, 2.24) is 0 Å². The average molecular weight is 257 g/mol. The smallest absolute Gasteiger partial charge is 0.303 e. The van der Waals surface area contributed by atoms with Crippen molar-refractivity contribution in [3.05, 3.63) is 35.4 Å². The third kappa shape index (κ3) is 3.82. The molecular weight excluding hydrogens is 238 g/mol. The first-order valence-corrected chi connectivity index (χ1v) is 6.86. The Morgan fingerprint density at radius 2 is 1.84 bits per heavy atom. The van der Waals surface area contributed by atoms with Crippen LogP contribution < -0.4 is 0 Å². The van der Waals surface area contributed by atoms with E-state index >= 15 is 0 Å². The van der Waals surface area contributed by atoms with E-state index in [4.69, 9.17) is 10.4 Å². The molecule has 0 bridgehead atoms. The second-order valence-electron chi connectivity index (χ2n) is 5.39. The molecule has 0 heterocycles.